The summed E-state index contributed by atoms with van der Waals surface area (Å²) in [6.45, 7) is 3.62. The van der Waals surface area contributed by atoms with Gasteiger partial charge in [0.1, 0.15) is 0 Å². The maximum absolute atomic E-state index is 12.8. The summed E-state index contributed by atoms with van der Waals surface area (Å²) in [6.07, 6.45) is 6.73. The van der Waals surface area contributed by atoms with Crippen molar-refractivity contribution in [2.75, 3.05) is 33.3 Å². The molecule has 0 bridgehead atoms. The number of carbonyl (C=O) groups is 1. The van der Waals surface area contributed by atoms with Gasteiger partial charge in [0.2, 0.25) is 0 Å². The second kappa shape index (κ2) is 8.08. The largest absolute Gasteiger partial charge is 0.466 e. The van der Waals surface area contributed by atoms with E-state index in [2.05, 4.69) is 20.1 Å². The SMILES string of the molecule is COc1n[nH]c(-c2ccc(C(=O)N3CCN(C4CCCCC4)CC3)cc2)n1. The minimum Gasteiger partial charge on any atom is -0.466 e. The van der Waals surface area contributed by atoms with Crippen molar-refractivity contribution in [2.24, 2.45) is 0 Å². The van der Waals surface area contributed by atoms with Gasteiger partial charge in [-0.15, -0.1) is 5.10 Å². The van der Waals surface area contributed by atoms with Crippen LogP contribution in [-0.4, -0.2) is 70.2 Å². The standard InChI is InChI=1S/C20H27N5O2/c1-27-20-21-18(22-23-20)15-7-9-16(10-8-15)19(26)25-13-11-24(12-14-25)17-5-3-2-4-6-17/h7-10,17H,2-6,11-14H2,1H3,(H,21,22,23). The maximum atomic E-state index is 12.8. The maximum Gasteiger partial charge on any atom is 0.335 e. The fourth-order valence-corrected chi connectivity index (χ4v) is 4.16. The summed E-state index contributed by atoms with van der Waals surface area (Å²) in [6, 6.07) is 8.55. The predicted octanol–water partition coefficient (Wildman–Crippen LogP) is 2.57. The molecule has 1 aromatic heterocycles. The number of aromatic nitrogens is 3. The fourth-order valence-electron chi connectivity index (χ4n) is 4.16. The van der Waals surface area contributed by atoms with Crippen LogP contribution < -0.4 is 4.74 Å². The summed E-state index contributed by atoms with van der Waals surface area (Å²) in [7, 11) is 1.53. The molecule has 1 aliphatic heterocycles. The number of rotatable bonds is 4. The number of nitrogens with one attached hydrogen (secondary N) is 1. The Morgan fingerprint density at radius 1 is 1.07 bits per heavy atom. The van der Waals surface area contributed by atoms with E-state index in [9.17, 15) is 4.79 Å². The molecule has 144 valence electrons. The number of hydrogen-bond acceptors (Lipinski definition) is 5. The molecule has 0 radical (unpaired) electrons. The first-order chi connectivity index (χ1) is 13.2. The molecule has 0 spiro atoms. The highest BCUT2D eigenvalue weighted by Gasteiger charge is 2.27. The van der Waals surface area contributed by atoms with E-state index in [0.717, 1.165) is 43.3 Å². The molecule has 4 rings (SSSR count). The zero-order valence-electron chi connectivity index (χ0n) is 15.9. The molecule has 7 nitrogen and oxygen atoms in total. The molecule has 1 aromatic carbocycles. The molecular formula is C20H27N5O2. The van der Waals surface area contributed by atoms with Crippen LogP contribution in [0.25, 0.3) is 11.4 Å². The van der Waals surface area contributed by atoms with Crippen LogP contribution in [0.3, 0.4) is 0 Å². The Kier molecular flexibility index (Phi) is 5.38. The van der Waals surface area contributed by atoms with E-state index in [0.29, 0.717) is 11.8 Å². The number of ether oxygens (including phenoxy) is 1. The Morgan fingerprint density at radius 2 is 1.78 bits per heavy atom. The van der Waals surface area contributed by atoms with Gasteiger partial charge >= 0.3 is 6.01 Å². The van der Waals surface area contributed by atoms with E-state index >= 15 is 0 Å². The average molecular weight is 369 g/mol. The van der Waals surface area contributed by atoms with Crippen LogP contribution in [0.2, 0.25) is 0 Å². The molecular weight excluding hydrogens is 342 g/mol. The Labute approximate surface area is 159 Å². The summed E-state index contributed by atoms with van der Waals surface area (Å²) in [5.74, 6) is 0.743. The topological polar surface area (TPSA) is 74.3 Å². The molecule has 2 aromatic rings. The van der Waals surface area contributed by atoms with Gasteiger partial charge in [0, 0.05) is 43.3 Å². The number of carbonyl (C=O) groups excluding carboxylic acids is 1. The Balaban J connectivity index is 1.35. The molecule has 1 aliphatic carbocycles. The molecule has 1 saturated heterocycles. The van der Waals surface area contributed by atoms with E-state index in [4.69, 9.17) is 4.74 Å². The van der Waals surface area contributed by atoms with Crippen LogP contribution in [0.15, 0.2) is 24.3 Å². The van der Waals surface area contributed by atoms with Gasteiger partial charge in [-0.2, -0.15) is 4.98 Å². The van der Waals surface area contributed by atoms with E-state index in [1.54, 1.807) is 0 Å². The third kappa shape index (κ3) is 3.98. The van der Waals surface area contributed by atoms with Gasteiger partial charge in [0.25, 0.3) is 5.91 Å². The molecule has 1 N–H and O–H groups in total. The van der Waals surface area contributed by atoms with Crippen molar-refractivity contribution in [1.29, 1.82) is 0 Å². The van der Waals surface area contributed by atoms with E-state index in [1.165, 1.54) is 39.2 Å². The molecule has 2 heterocycles. The number of piperazine rings is 1. The molecule has 27 heavy (non-hydrogen) atoms. The third-order valence-corrected chi connectivity index (χ3v) is 5.75. The summed E-state index contributed by atoms with van der Waals surface area (Å²) in [5.41, 5.74) is 1.60. The lowest BCUT2D eigenvalue weighted by atomic mass is 9.94. The van der Waals surface area contributed by atoms with Crippen molar-refractivity contribution >= 4 is 5.91 Å². The number of hydrogen-bond donors (Lipinski definition) is 1. The smallest absolute Gasteiger partial charge is 0.335 e. The van der Waals surface area contributed by atoms with E-state index < -0.39 is 0 Å². The Hall–Kier alpha value is -2.41. The fraction of sp³-hybridized carbons (Fsp3) is 0.550. The van der Waals surface area contributed by atoms with Crippen LogP contribution in [0, 0.1) is 0 Å². The first kappa shape index (κ1) is 18.0. The Morgan fingerprint density at radius 3 is 2.41 bits per heavy atom. The van der Waals surface area contributed by atoms with Crippen molar-refractivity contribution in [1.82, 2.24) is 25.0 Å². The monoisotopic (exact) mass is 369 g/mol. The molecule has 0 atom stereocenters. The number of H-pyrrole nitrogens is 1. The normalized spacial score (nSPS) is 19.2. The molecule has 2 fully saturated rings. The van der Waals surface area contributed by atoms with Gasteiger partial charge in [-0.1, -0.05) is 31.4 Å². The first-order valence-corrected chi connectivity index (χ1v) is 9.85. The van der Waals surface area contributed by atoms with Gasteiger partial charge in [-0.25, -0.2) is 0 Å². The highest BCUT2D eigenvalue weighted by molar-refractivity contribution is 5.94. The number of amides is 1. The van der Waals surface area contributed by atoms with Gasteiger partial charge in [0.15, 0.2) is 5.82 Å². The van der Waals surface area contributed by atoms with Gasteiger partial charge in [0.05, 0.1) is 7.11 Å². The summed E-state index contributed by atoms with van der Waals surface area (Å²) < 4.78 is 4.99. The first-order valence-electron chi connectivity index (χ1n) is 9.85. The van der Waals surface area contributed by atoms with Gasteiger partial charge in [-0.05, 0) is 25.0 Å². The second-order valence-electron chi connectivity index (χ2n) is 7.37. The van der Waals surface area contributed by atoms with Crippen molar-refractivity contribution in [3.05, 3.63) is 29.8 Å². The second-order valence-corrected chi connectivity index (χ2v) is 7.37. The van der Waals surface area contributed by atoms with Crippen LogP contribution >= 0.6 is 0 Å². The van der Waals surface area contributed by atoms with Gasteiger partial charge < -0.3 is 9.64 Å². The molecule has 2 aliphatic rings. The van der Waals surface area contributed by atoms with Gasteiger partial charge in [-0.3, -0.25) is 14.8 Å². The lowest BCUT2D eigenvalue weighted by Crippen LogP contribution is -2.52. The molecule has 1 amide bonds. The third-order valence-electron chi connectivity index (χ3n) is 5.75. The van der Waals surface area contributed by atoms with E-state index in [1.807, 2.05) is 29.2 Å². The zero-order valence-corrected chi connectivity index (χ0v) is 15.9. The van der Waals surface area contributed by atoms with Crippen LogP contribution in [-0.2, 0) is 0 Å². The lowest BCUT2D eigenvalue weighted by Gasteiger charge is -2.40. The van der Waals surface area contributed by atoms with E-state index in [-0.39, 0.29) is 5.91 Å². The summed E-state index contributed by atoms with van der Waals surface area (Å²) in [4.78, 5) is 21.6. The van der Waals surface area contributed by atoms with Crippen molar-refractivity contribution < 1.29 is 9.53 Å². The zero-order chi connectivity index (χ0) is 18.6. The number of methoxy groups -OCH3 is 1. The highest BCUT2D eigenvalue weighted by Crippen LogP contribution is 2.24. The Bertz CT molecular complexity index is 759. The van der Waals surface area contributed by atoms with Crippen LogP contribution in [0.5, 0.6) is 6.01 Å². The minimum atomic E-state index is 0.111. The lowest BCUT2D eigenvalue weighted by molar-refractivity contribution is 0.0523. The number of benzene rings is 1. The van der Waals surface area contributed by atoms with Crippen LogP contribution in [0.4, 0.5) is 0 Å². The molecule has 1 saturated carbocycles. The van der Waals surface area contributed by atoms with Crippen molar-refractivity contribution in [3.8, 4) is 17.4 Å². The molecule has 7 heteroatoms. The summed E-state index contributed by atoms with van der Waals surface area (Å²) >= 11 is 0. The minimum absolute atomic E-state index is 0.111. The van der Waals surface area contributed by atoms with Crippen LogP contribution in [0.1, 0.15) is 42.5 Å². The molecule has 0 unspecified atom stereocenters. The van der Waals surface area contributed by atoms with Crippen molar-refractivity contribution in [2.45, 2.75) is 38.1 Å². The number of aromatic amines is 1. The average Bonchev–Trinajstić information content (AvgIpc) is 3.23. The number of nitrogens with zero attached hydrogens (tertiary/aromatic N) is 4. The summed E-state index contributed by atoms with van der Waals surface area (Å²) in [5, 5.41) is 6.78. The quantitative estimate of drug-likeness (QED) is 0.897. The predicted molar refractivity (Wildman–Crippen MR) is 103 cm³/mol. The highest BCUT2D eigenvalue weighted by atomic mass is 16.5. The van der Waals surface area contributed by atoms with Crippen molar-refractivity contribution in [3.63, 3.8) is 0 Å².